The van der Waals surface area contributed by atoms with Crippen molar-refractivity contribution in [2.24, 2.45) is 10.9 Å². The zero-order chi connectivity index (χ0) is 17.2. The van der Waals surface area contributed by atoms with Gasteiger partial charge in [-0.3, -0.25) is 4.79 Å². The van der Waals surface area contributed by atoms with Gasteiger partial charge in [-0.05, 0) is 46.7 Å². The predicted octanol–water partition coefficient (Wildman–Crippen LogP) is 3.11. The molecular weight excluding hydrogens is 318 g/mol. The fourth-order valence-corrected chi connectivity index (χ4v) is 2.75. The molecule has 6 heteroatoms. The van der Waals surface area contributed by atoms with Gasteiger partial charge in [-0.15, -0.1) is 0 Å². The first-order chi connectivity index (χ1) is 12.2. The lowest BCUT2D eigenvalue weighted by Gasteiger charge is -2.07. The first kappa shape index (κ1) is 15.0. The maximum Gasteiger partial charge on any atom is 0.255 e. The number of ether oxygens (including phenoxy) is 2. The highest BCUT2D eigenvalue weighted by atomic mass is 16.7. The molecule has 0 bridgehead atoms. The van der Waals surface area contributed by atoms with Crippen molar-refractivity contribution in [3.8, 4) is 11.5 Å². The van der Waals surface area contributed by atoms with Gasteiger partial charge in [0.2, 0.25) is 6.79 Å². The van der Waals surface area contributed by atoms with E-state index in [0.717, 1.165) is 16.3 Å². The molecule has 0 saturated carbocycles. The third kappa shape index (κ3) is 2.97. The molecule has 0 unspecified atom stereocenters. The second-order valence-electron chi connectivity index (χ2n) is 5.62. The molecule has 1 aliphatic heterocycles. The van der Waals surface area contributed by atoms with Gasteiger partial charge in [0.1, 0.15) is 0 Å². The Morgan fingerprint density at radius 2 is 1.80 bits per heavy atom. The summed E-state index contributed by atoms with van der Waals surface area (Å²) in [6.07, 6.45) is 1.58. The minimum absolute atomic E-state index is 0.187. The quantitative estimate of drug-likeness (QED) is 0.438. The SMILES string of the molecule is NN=Cc1ccc2cc(C(=O)Nc3ccc4c(c3)OCO4)ccc2c1. The van der Waals surface area contributed by atoms with E-state index < -0.39 is 0 Å². The second-order valence-corrected chi connectivity index (χ2v) is 5.62. The smallest absolute Gasteiger partial charge is 0.255 e. The van der Waals surface area contributed by atoms with Crippen molar-refractivity contribution < 1.29 is 14.3 Å². The summed E-state index contributed by atoms with van der Waals surface area (Å²) in [5.74, 6) is 6.30. The number of nitrogens with one attached hydrogen (secondary N) is 1. The average molecular weight is 333 g/mol. The van der Waals surface area contributed by atoms with E-state index in [0.29, 0.717) is 22.7 Å². The van der Waals surface area contributed by atoms with Gasteiger partial charge in [0, 0.05) is 17.3 Å². The van der Waals surface area contributed by atoms with Crippen LogP contribution in [0.1, 0.15) is 15.9 Å². The lowest BCUT2D eigenvalue weighted by atomic mass is 10.0. The molecule has 25 heavy (non-hydrogen) atoms. The van der Waals surface area contributed by atoms with Crippen molar-refractivity contribution in [1.29, 1.82) is 0 Å². The molecule has 0 aliphatic carbocycles. The van der Waals surface area contributed by atoms with Gasteiger partial charge in [-0.25, -0.2) is 0 Å². The highest BCUT2D eigenvalue weighted by Gasteiger charge is 2.14. The van der Waals surface area contributed by atoms with Crippen LogP contribution in [0.15, 0.2) is 59.7 Å². The minimum atomic E-state index is -0.187. The molecule has 0 aromatic heterocycles. The number of hydrogen-bond acceptors (Lipinski definition) is 5. The van der Waals surface area contributed by atoms with Crippen LogP contribution in [0.2, 0.25) is 0 Å². The van der Waals surface area contributed by atoms with Crippen LogP contribution in [0, 0.1) is 0 Å². The fourth-order valence-electron chi connectivity index (χ4n) is 2.75. The Bertz CT molecular complexity index is 998. The van der Waals surface area contributed by atoms with Crippen molar-refractivity contribution in [3.63, 3.8) is 0 Å². The van der Waals surface area contributed by atoms with E-state index in [4.69, 9.17) is 15.3 Å². The largest absolute Gasteiger partial charge is 0.454 e. The molecule has 0 fully saturated rings. The van der Waals surface area contributed by atoms with Crippen molar-refractivity contribution >= 4 is 28.6 Å². The third-order valence-corrected chi connectivity index (χ3v) is 3.98. The fraction of sp³-hybridized carbons (Fsp3) is 0.0526. The summed E-state index contributed by atoms with van der Waals surface area (Å²) in [7, 11) is 0. The van der Waals surface area contributed by atoms with Crippen LogP contribution < -0.4 is 20.6 Å². The maximum atomic E-state index is 12.5. The minimum Gasteiger partial charge on any atom is -0.454 e. The number of carbonyl (C=O) groups is 1. The highest BCUT2D eigenvalue weighted by molar-refractivity contribution is 6.06. The van der Waals surface area contributed by atoms with Gasteiger partial charge in [-0.1, -0.05) is 18.2 Å². The first-order valence-electron chi connectivity index (χ1n) is 7.71. The topological polar surface area (TPSA) is 85.9 Å². The number of fused-ring (bicyclic) bond motifs is 2. The van der Waals surface area contributed by atoms with E-state index in [1.807, 2.05) is 30.3 Å². The summed E-state index contributed by atoms with van der Waals surface area (Å²) in [6.45, 7) is 0.203. The van der Waals surface area contributed by atoms with E-state index in [9.17, 15) is 4.79 Å². The number of benzene rings is 3. The molecule has 4 rings (SSSR count). The van der Waals surface area contributed by atoms with Crippen LogP contribution >= 0.6 is 0 Å². The number of nitrogens with zero attached hydrogens (tertiary/aromatic N) is 1. The predicted molar refractivity (Wildman–Crippen MR) is 96.2 cm³/mol. The highest BCUT2D eigenvalue weighted by Crippen LogP contribution is 2.34. The normalized spacial score (nSPS) is 12.6. The van der Waals surface area contributed by atoms with Gasteiger partial charge >= 0.3 is 0 Å². The Hall–Kier alpha value is -3.54. The van der Waals surface area contributed by atoms with Crippen LogP contribution in [0.5, 0.6) is 11.5 Å². The maximum absolute atomic E-state index is 12.5. The van der Waals surface area contributed by atoms with Gasteiger partial charge < -0.3 is 20.6 Å². The number of nitrogens with two attached hydrogens (primary N) is 1. The van der Waals surface area contributed by atoms with Gasteiger partial charge in [-0.2, -0.15) is 5.10 Å². The number of hydrogen-bond donors (Lipinski definition) is 2. The van der Waals surface area contributed by atoms with Crippen LogP contribution in [0.3, 0.4) is 0 Å². The molecule has 3 aromatic rings. The van der Waals surface area contributed by atoms with Crippen molar-refractivity contribution in [3.05, 3.63) is 65.7 Å². The Morgan fingerprint density at radius 3 is 2.68 bits per heavy atom. The van der Waals surface area contributed by atoms with E-state index >= 15 is 0 Å². The van der Waals surface area contributed by atoms with Gasteiger partial charge in [0.25, 0.3) is 5.91 Å². The molecule has 124 valence electrons. The summed E-state index contributed by atoms with van der Waals surface area (Å²) in [4.78, 5) is 12.5. The molecule has 1 aliphatic rings. The Balaban J connectivity index is 1.58. The Kier molecular flexibility index (Phi) is 3.70. The van der Waals surface area contributed by atoms with E-state index in [2.05, 4.69) is 10.4 Å². The zero-order valence-electron chi connectivity index (χ0n) is 13.2. The van der Waals surface area contributed by atoms with Crippen LogP contribution in [0.4, 0.5) is 5.69 Å². The molecule has 0 spiro atoms. The lowest BCUT2D eigenvalue weighted by Crippen LogP contribution is -2.11. The number of amides is 1. The van der Waals surface area contributed by atoms with Crippen molar-refractivity contribution in [1.82, 2.24) is 0 Å². The summed E-state index contributed by atoms with van der Waals surface area (Å²) < 4.78 is 10.6. The number of hydrazone groups is 1. The third-order valence-electron chi connectivity index (χ3n) is 3.98. The van der Waals surface area contributed by atoms with Gasteiger partial charge in [0.15, 0.2) is 11.5 Å². The summed E-state index contributed by atoms with van der Waals surface area (Å²) in [5.41, 5.74) is 2.14. The average Bonchev–Trinajstić information content (AvgIpc) is 3.09. The van der Waals surface area contributed by atoms with Crippen LogP contribution in [0.25, 0.3) is 10.8 Å². The molecule has 0 radical (unpaired) electrons. The Morgan fingerprint density at radius 1 is 1.00 bits per heavy atom. The summed E-state index contributed by atoms with van der Waals surface area (Å²) >= 11 is 0. The van der Waals surface area contributed by atoms with E-state index in [1.165, 1.54) is 0 Å². The number of carbonyl (C=O) groups excluding carboxylic acids is 1. The molecule has 3 aromatic carbocycles. The van der Waals surface area contributed by atoms with Crippen molar-refractivity contribution in [2.75, 3.05) is 12.1 Å². The molecular formula is C19H15N3O3. The molecule has 6 nitrogen and oxygen atoms in total. The molecule has 0 atom stereocenters. The molecule has 1 amide bonds. The molecule has 0 saturated heterocycles. The van der Waals surface area contributed by atoms with Crippen LogP contribution in [-0.4, -0.2) is 18.9 Å². The van der Waals surface area contributed by atoms with E-state index in [1.54, 1.807) is 30.5 Å². The van der Waals surface area contributed by atoms with Crippen LogP contribution in [-0.2, 0) is 0 Å². The lowest BCUT2D eigenvalue weighted by molar-refractivity contribution is 0.102. The zero-order valence-corrected chi connectivity index (χ0v) is 13.2. The van der Waals surface area contributed by atoms with Crippen molar-refractivity contribution in [2.45, 2.75) is 0 Å². The molecule has 3 N–H and O–H groups in total. The van der Waals surface area contributed by atoms with Gasteiger partial charge in [0.05, 0.1) is 6.21 Å². The first-order valence-corrected chi connectivity index (χ1v) is 7.71. The Labute approximate surface area is 143 Å². The molecule has 1 heterocycles. The number of anilines is 1. The monoisotopic (exact) mass is 333 g/mol. The second kappa shape index (κ2) is 6.16. The number of rotatable bonds is 3. The standard InChI is InChI=1S/C19H15N3O3/c20-21-10-12-1-2-14-8-15(4-3-13(14)7-12)19(23)22-16-5-6-17-18(9-16)25-11-24-17/h1-10H,11,20H2,(H,22,23). The summed E-state index contributed by atoms with van der Waals surface area (Å²) in [5, 5.41) is 8.37. The summed E-state index contributed by atoms with van der Waals surface area (Å²) in [6, 6.07) is 16.6. The van der Waals surface area contributed by atoms with E-state index in [-0.39, 0.29) is 12.7 Å².